The van der Waals surface area contributed by atoms with Crippen LogP contribution in [0, 0.1) is 11.3 Å². The minimum absolute atomic E-state index is 0.0180. The molecule has 18 heavy (non-hydrogen) atoms. The molecule has 1 aromatic carbocycles. The predicted molar refractivity (Wildman–Crippen MR) is 75.2 cm³/mol. The van der Waals surface area contributed by atoms with Crippen LogP contribution in [-0.4, -0.2) is 13.8 Å². The smallest absolute Gasteiger partial charge is 0.158 e. The molecule has 0 saturated heterocycles. The lowest BCUT2D eigenvalue weighted by Crippen LogP contribution is -2.34. The molecule has 0 bridgehead atoms. The summed E-state index contributed by atoms with van der Waals surface area (Å²) in [4.78, 5) is 5.60. The summed E-state index contributed by atoms with van der Waals surface area (Å²) in [6, 6.07) is 9.77. The van der Waals surface area contributed by atoms with Crippen LogP contribution in [-0.2, 0) is 4.84 Å². The Hall–Kier alpha value is -1.60. The molecule has 0 amide bonds. The highest BCUT2D eigenvalue weighted by Gasteiger charge is 2.42. The quantitative estimate of drug-likeness (QED) is 0.759. The van der Waals surface area contributed by atoms with Gasteiger partial charge in [-0.3, -0.25) is 0 Å². The van der Waals surface area contributed by atoms with Gasteiger partial charge in [0, 0.05) is 5.54 Å². The van der Waals surface area contributed by atoms with Gasteiger partial charge in [-0.2, -0.15) is 5.26 Å². The summed E-state index contributed by atoms with van der Waals surface area (Å²) in [6.07, 6.45) is 0.0180. The van der Waals surface area contributed by atoms with Crippen LogP contribution in [0.4, 0.5) is 0 Å². The second-order valence-electron chi connectivity index (χ2n) is 5.84. The lowest BCUT2D eigenvalue weighted by atomic mass is 10.0. The number of hydrogen-bond acceptors (Lipinski definition) is 3. The molecule has 0 aromatic heterocycles. The molecule has 1 aliphatic rings. The molecular formula is C14H18N2OSi. The average molecular weight is 258 g/mol. The molecular weight excluding hydrogens is 240 g/mol. The maximum atomic E-state index is 8.82. The third kappa shape index (κ3) is 2.32. The molecule has 1 aliphatic heterocycles. The maximum Gasteiger partial charge on any atom is 0.158 e. The van der Waals surface area contributed by atoms with Gasteiger partial charge in [0.2, 0.25) is 0 Å². The third-order valence-electron chi connectivity index (χ3n) is 3.36. The summed E-state index contributed by atoms with van der Waals surface area (Å²) in [5.74, 6) is 0. The Morgan fingerprint density at radius 3 is 2.33 bits per heavy atom. The zero-order valence-corrected chi connectivity index (χ0v) is 12.3. The van der Waals surface area contributed by atoms with E-state index in [1.165, 1.54) is 0 Å². The highest BCUT2D eigenvalue weighted by molar-refractivity contribution is 6.80. The van der Waals surface area contributed by atoms with Crippen molar-refractivity contribution >= 4 is 13.8 Å². The number of benzene rings is 1. The standard InChI is InChI=1S/C14H18N2OSi/c1-10-14(18(2,3)4)13(17-16-10)12-7-5-11(9-15)6-8-12/h5-8,13-14H,1-4H3. The first kappa shape index (κ1) is 12.8. The second-order valence-corrected chi connectivity index (χ2v) is 11.2. The molecule has 0 aliphatic carbocycles. The first-order valence-corrected chi connectivity index (χ1v) is 9.71. The average Bonchev–Trinajstić information content (AvgIpc) is 2.71. The molecule has 1 heterocycles. The Balaban J connectivity index is 2.31. The van der Waals surface area contributed by atoms with Crippen LogP contribution in [0.15, 0.2) is 29.4 Å². The van der Waals surface area contributed by atoms with Crippen molar-refractivity contribution in [3.8, 4) is 6.07 Å². The van der Waals surface area contributed by atoms with E-state index in [0.717, 1.165) is 11.3 Å². The number of hydrogen-bond donors (Lipinski definition) is 0. The van der Waals surface area contributed by atoms with Gasteiger partial charge in [0.15, 0.2) is 6.10 Å². The molecule has 0 spiro atoms. The van der Waals surface area contributed by atoms with E-state index in [9.17, 15) is 0 Å². The Labute approximate surface area is 109 Å². The molecule has 0 saturated carbocycles. The largest absolute Gasteiger partial charge is 0.387 e. The van der Waals surface area contributed by atoms with Gasteiger partial charge >= 0.3 is 0 Å². The fourth-order valence-electron chi connectivity index (χ4n) is 2.56. The Morgan fingerprint density at radius 2 is 1.83 bits per heavy atom. The molecule has 0 N–H and O–H groups in total. The fraction of sp³-hybridized carbons (Fsp3) is 0.429. The van der Waals surface area contributed by atoms with Crippen molar-refractivity contribution in [2.45, 2.75) is 38.2 Å². The van der Waals surface area contributed by atoms with E-state index in [4.69, 9.17) is 10.1 Å². The molecule has 1 aromatic rings. The van der Waals surface area contributed by atoms with Crippen molar-refractivity contribution in [1.82, 2.24) is 0 Å². The van der Waals surface area contributed by atoms with Gasteiger partial charge in [0.25, 0.3) is 0 Å². The molecule has 0 fully saturated rings. The van der Waals surface area contributed by atoms with Gasteiger partial charge in [-0.25, -0.2) is 0 Å². The lowest BCUT2D eigenvalue weighted by Gasteiger charge is -2.28. The van der Waals surface area contributed by atoms with Gasteiger partial charge in [0.05, 0.1) is 25.4 Å². The SMILES string of the molecule is CC1=NOC(c2ccc(C#N)cc2)C1[Si](C)(C)C. The first-order chi connectivity index (χ1) is 8.43. The van der Waals surface area contributed by atoms with E-state index < -0.39 is 8.07 Å². The van der Waals surface area contributed by atoms with E-state index in [1.807, 2.05) is 31.2 Å². The molecule has 0 radical (unpaired) electrons. The molecule has 4 heteroatoms. The minimum Gasteiger partial charge on any atom is -0.387 e. The molecule has 2 atom stereocenters. The van der Waals surface area contributed by atoms with Crippen LogP contribution in [0.3, 0.4) is 0 Å². The first-order valence-electron chi connectivity index (χ1n) is 6.14. The van der Waals surface area contributed by atoms with E-state index in [2.05, 4.69) is 30.9 Å². The number of rotatable bonds is 2. The van der Waals surface area contributed by atoms with Crippen LogP contribution in [0.25, 0.3) is 0 Å². The Morgan fingerprint density at radius 1 is 1.22 bits per heavy atom. The topological polar surface area (TPSA) is 45.4 Å². The van der Waals surface area contributed by atoms with Crippen LogP contribution in [0.1, 0.15) is 24.2 Å². The normalized spacial score (nSPS) is 23.2. The van der Waals surface area contributed by atoms with Crippen molar-refractivity contribution in [2.75, 3.05) is 0 Å². The zero-order valence-electron chi connectivity index (χ0n) is 11.3. The highest BCUT2D eigenvalue weighted by atomic mass is 28.3. The zero-order chi connectivity index (χ0) is 13.3. The minimum atomic E-state index is -1.38. The van der Waals surface area contributed by atoms with E-state index >= 15 is 0 Å². The summed E-state index contributed by atoms with van der Waals surface area (Å²) in [5.41, 5.74) is 3.30. The Bertz CT molecular complexity index is 508. The third-order valence-corrected chi connectivity index (χ3v) is 5.95. The van der Waals surface area contributed by atoms with Gasteiger partial charge in [-0.1, -0.05) is 36.9 Å². The van der Waals surface area contributed by atoms with Crippen molar-refractivity contribution in [1.29, 1.82) is 5.26 Å². The molecule has 3 nitrogen and oxygen atoms in total. The summed E-state index contributed by atoms with van der Waals surface area (Å²) in [7, 11) is -1.38. The van der Waals surface area contributed by atoms with E-state index in [1.54, 1.807) is 0 Å². The highest BCUT2D eigenvalue weighted by Crippen LogP contribution is 2.43. The summed E-state index contributed by atoms with van der Waals surface area (Å²) in [5, 5.41) is 13.0. The number of nitrogens with zero attached hydrogens (tertiary/aromatic N) is 2. The Kier molecular flexibility index (Phi) is 3.27. The maximum absolute atomic E-state index is 8.82. The summed E-state index contributed by atoms with van der Waals surface area (Å²) >= 11 is 0. The van der Waals surface area contributed by atoms with Crippen molar-refractivity contribution in [3.63, 3.8) is 0 Å². The van der Waals surface area contributed by atoms with Gasteiger partial charge in [-0.15, -0.1) is 0 Å². The molecule has 2 rings (SSSR count). The van der Waals surface area contributed by atoms with Crippen LogP contribution >= 0.6 is 0 Å². The number of oxime groups is 1. The number of nitriles is 1. The van der Waals surface area contributed by atoms with E-state index in [0.29, 0.717) is 11.1 Å². The summed E-state index contributed by atoms with van der Waals surface area (Å²) < 4.78 is 0. The van der Waals surface area contributed by atoms with Gasteiger partial charge in [-0.05, 0) is 24.6 Å². The van der Waals surface area contributed by atoms with Crippen molar-refractivity contribution < 1.29 is 4.84 Å². The predicted octanol–water partition coefficient (Wildman–Crippen LogP) is 3.71. The lowest BCUT2D eigenvalue weighted by molar-refractivity contribution is 0.0847. The van der Waals surface area contributed by atoms with Crippen molar-refractivity contribution in [2.24, 2.45) is 5.16 Å². The molecule has 94 valence electrons. The second kappa shape index (κ2) is 4.58. The van der Waals surface area contributed by atoms with Gasteiger partial charge in [0.1, 0.15) is 0 Å². The van der Waals surface area contributed by atoms with Crippen LogP contribution < -0.4 is 0 Å². The van der Waals surface area contributed by atoms with E-state index in [-0.39, 0.29) is 6.10 Å². The van der Waals surface area contributed by atoms with Crippen LogP contribution in [0.2, 0.25) is 25.2 Å². The molecule has 2 unspecified atom stereocenters. The van der Waals surface area contributed by atoms with Crippen molar-refractivity contribution in [3.05, 3.63) is 35.4 Å². The monoisotopic (exact) mass is 258 g/mol. The van der Waals surface area contributed by atoms with Gasteiger partial charge < -0.3 is 4.84 Å². The van der Waals surface area contributed by atoms with Crippen LogP contribution in [0.5, 0.6) is 0 Å². The summed E-state index contributed by atoms with van der Waals surface area (Å²) in [6.45, 7) is 9.05. The fourth-order valence-corrected chi connectivity index (χ4v) is 5.03.